The zero-order valence-electron chi connectivity index (χ0n) is 10.3. The summed E-state index contributed by atoms with van der Waals surface area (Å²) in [4.78, 5) is 2.44. The van der Waals surface area contributed by atoms with Crippen LogP contribution in [0.25, 0.3) is 0 Å². The lowest BCUT2D eigenvalue weighted by molar-refractivity contribution is 0.262. The molecule has 0 aromatic rings. The summed E-state index contributed by atoms with van der Waals surface area (Å²) >= 11 is 0. The van der Waals surface area contributed by atoms with Crippen LogP contribution < -0.4 is 5.32 Å². The van der Waals surface area contributed by atoms with Gasteiger partial charge < -0.3 is 10.2 Å². The molecule has 1 aliphatic carbocycles. The summed E-state index contributed by atoms with van der Waals surface area (Å²) in [7, 11) is 2.23. The van der Waals surface area contributed by atoms with E-state index in [2.05, 4.69) is 24.2 Å². The first-order valence-corrected chi connectivity index (χ1v) is 6.70. The van der Waals surface area contributed by atoms with Crippen LogP contribution in [0.1, 0.15) is 45.4 Å². The number of hydrogen-bond acceptors (Lipinski definition) is 2. The Balaban J connectivity index is 1.73. The number of nitrogens with one attached hydrogen (secondary N) is 1. The molecule has 1 N–H and O–H groups in total. The number of likely N-dealkylation sites (N-methyl/N-ethyl adjacent to an activating group) is 1. The first-order valence-electron chi connectivity index (χ1n) is 6.70. The summed E-state index contributed by atoms with van der Waals surface area (Å²) in [6.45, 7) is 4.92. The molecule has 15 heavy (non-hydrogen) atoms. The third-order valence-corrected chi connectivity index (χ3v) is 4.25. The van der Waals surface area contributed by atoms with Crippen LogP contribution in [0.15, 0.2) is 0 Å². The van der Waals surface area contributed by atoms with Crippen molar-refractivity contribution in [3.05, 3.63) is 0 Å². The Bertz CT molecular complexity index is 187. The van der Waals surface area contributed by atoms with Gasteiger partial charge in [0, 0.05) is 18.6 Å². The molecule has 2 fully saturated rings. The first-order chi connectivity index (χ1) is 7.25. The predicted molar refractivity (Wildman–Crippen MR) is 65.1 cm³/mol. The van der Waals surface area contributed by atoms with Crippen molar-refractivity contribution in [3.8, 4) is 0 Å². The fraction of sp³-hybridized carbons (Fsp3) is 1.00. The minimum Gasteiger partial charge on any atom is -0.310 e. The van der Waals surface area contributed by atoms with Gasteiger partial charge >= 0.3 is 0 Å². The monoisotopic (exact) mass is 210 g/mol. The second kappa shape index (κ2) is 5.31. The Hall–Kier alpha value is -0.0800. The molecule has 2 nitrogen and oxygen atoms in total. The Morgan fingerprint density at radius 3 is 2.47 bits per heavy atom. The van der Waals surface area contributed by atoms with E-state index < -0.39 is 0 Å². The number of hydrogen-bond donors (Lipinski definition) is 1. The lowest BCUT2D eigenvalue weighted by Crippen LogP contribution is -2.42. The van der Waals surface area contributed by atoms with Crippen molar-refractivity contribution in [2.75, 3.05) is 20.1 Å². The predicted octanol–water partition coefficient (Wildman–Crippen LogP) is 2.25. The molecule has 0 radical (unpaired) electrons. The second-order valence-corrected chi connectivity index (χ2v) is 5.60. The van der Waals surface area contributed by atoms with Crippen molar-refractivity contribution in [1.29, 1.82) is 0 Å². The average molecular weight is 210 g/mol. The average Bonchev–Trinajstić information content (AvgIpc) is 2.65. The van der Waals surface area contributed by atoms with Gasteiger partial charge in [0.05, 0.1) is 0 Å². The number of rotatable bonds is 3. The van der Waals surface area contributed by atoms with Gasteiger partial charge in [0.2, 0.25) is 0 Å². The van der Waals surface area contributed by atoms with E-state index >= 15 is 0 Å². The highest BCUT2D eigenvalue weighted by Crippen LogP contribution is 2.26. The topological polar surface area (TPSA) is 15.3 Å². The summed E-state index contributed by atoms with van der Waals surface area (Å²) in [6, 6.07) is 1.49. The molecule has 2 heteroatoms. The lowest BCUT2D eigenvalue weighted by atomic mass is 9.84. The highest BCUT2D eigenvalue weighted by atomic mass is 15.2. The quantitative estimate of drug-likeness (QED) is 0.768. The highest BCUT2D eigenvalue weighted by molar-refractivity contribution is 4.84. The fourth-order valence-corrected chi connectivity index (χ4v) is 3.21. The van der Waals surface area contributed by atoms with Gasteiger partial charge in [-0.25, -0.2) is 0 Å². The molecule has 0 bridgehead atoms. The van der Waals surface area contributed by atoms with E-state index in [4.69, 9.17) is 0 Å². The Morgan fingerprint density at radius 2 is 1.87 bits per heavy atom. The van der Waals surface area contributed by atoms with Crippen LogP contribution in [-0.4, -0.2) is 37.1 Å². The molecule has 1 heterocycles. The van der Waals surface area contributed by atoms with Gasteiger partial charge in [0.1, 0.15) is 0 Å². The molecule has 1 aliphatic heterocycles. The lowest BCUT2D eigenvalue weighted by Gasteiger charge is -2.30. The van der Waals surface area contributed by atoms with E-state index in [0.29, 0.717) is 0 Å². The van der Waals surface area contributed by atoms with Crippen molar-refractivity contribution in [2.24, 2.45) is 5.92 Å². The first kappa shape index (κ1) is 11.4. The van der Waals surface area contributed by atoms with Gasteiger partial charge in [-0.05, 0) is 45.7 Å². The second-order valence-electron chi connectivity index (χ2n) is 5.60. The van der Waals surface area contributed by atoms with Crippen LogP contribution in [0.2, 0.25) is 0 Å². The van der Waals surface area contributed by atoms with Gasteiger partial charge in [-0.2, -0.15) is 0 Å². The zero-order chi connectivity index (χ0) is 10.7. The molecule has 0 amide bonds. The third kappa shape index (κ3) is 3.18. The normalized spacial score (nSPS) is 32.0. The van der Waals surface area contributed by atoms with Crippen molar-refractivity contribution in [2.45, 2.75) is 57.5 Å². The molecular weight excluding hydrogens is 184 g/mol. The highest BCUT2D eigenvalue weighted by Gasteiger charge is 2.25. The van der Waals surface area contributed by atoms with E-state index in [1.165, 1.54) is 51.6 Å². The van der Waals surface area contributed by atoms with E-state index in [1.807, 2.05) is 0 Å². The molecule has 2 aliphatic rings. The zero-order valence-corrected chi connectivity index (χ0v) is 10.3. The molecule has 88 valence electrons. The fourth-order valence-electron chi connectivity index (χ4n) is 3.21. The van der Waals surface area contributed by atoms with Gasteiger partial charge in [0.25, 0.3) is 0 Å². The van der Waals surface area contributed by atoms with E-state index in [1.54, 1.807) is 0 Å². The van der Waals surface area contributed by atoms with E-state index in [0.717, 1.165) is 18.0 Å². The molecule has 1 saturated carbocycles. The Morgan fingerprint density at radius 1 is 1.13 bits per heavy atom. The molecule has 1 saturated heterocycles. The van der Waals surface area contributed by atoms with Gasteiger partial charge in [0.15, 0.2) is 0 Å². The number of likely N-dealkylation sites (tertiary alicyclic amines) is 1. The minimum atomic E-state index is 0.738. The van der Waals surface area contributed by atoms with Crippen LogP contribution in [0, 0.1) is 5.92 Å². The SMILES string of the molecule is C[C@H](NC1CCN(C)C1)C1CCCCC1. The van der Waals surface area contributed by atoms with Crippen LogP contribution >= 0.6 is 0 Å². The van der Waals surface area contributed by atoms with Gasteiger partial charge in [-0.15, -0.1) is 0 Å². The van der Waals surface area contributed by atoms with Crippen molar-refractivity contribution in [1.82, 2.24) is 10.2 Å². The Kier molecular flexibility index (Phi) is 4.04. The molecule has 0 aromatic heterocycles. The van der Waals surface area contributed by atoms with Crippen molar-refractivity contribution < 1.29 is 0 Å². The summed E-state index contributed by atoms with van der Waals surface area (Å²) in [5.74, 6) is 0.949. The maximum Gasteiger partial charge on any atom is 0.0209 e. The molecule has 0 spiro atoms. The maximum atomic E-state index is 3.84. The van der Waals surface area contributed by atoms with Crippen LogP contribution in [0.5, 0.6) is 0 Å². The summed E-state index contributed by atoms with van der Waals surface area (Å²) in [6.07, 6.45) is 8.64. The Labute approximate surface area is 94.4 Å². The van der Waals surface area contributed by atoms with E-state index in [-0.39, 0.29) is 0 Å². The van der Waals surface area contributed by atoms with Crippen LogP contribution in [0.4, 0.5) is 0 Å². The summed E-state index contributed by atoms with van der Waals surface area (Å²) in [5, 5.41) is 3.84. The largest absolute Gasteiger partial charge is 0.310 e. The number of nitrogens with zero attached hydrogens (tertiary/aromatic N) is 1. The van der Waals surface area contributed by atoms with Gasteiger partial charge in [-0.3, -0.25) is 0 Å². The molecule has 2 rings (SSSR count). The summed E-state index contributed by atoms with van der Waals surface area (Å²) < 4.78 is 0. The summed E-state index contributed by atoms with van der Waals surface area (Å²) in [5.41, 5.74) is 0. The molecular formula is C13H26N2. The van der Waals surface area contributed by atoms with Crippen molar-refractivity contribution in [3.63, 3.8) is 0 Å². The standard InChI is InChI=1S/C13H26N2/c1-11(12-6-4-3-5-7-12)14-13-8-9-15(2)10-13/h11-14H,3-10H2,1-2H3/t11-,13?/m0/s1. The molecule has 2 atom stereocenters. The van der Waals surface area contributed by atoms with Crippen LogP contribution in [0.3, 0.4) is 0 Å². The maximum absolute atomic E-state index is 3.84. The van der Waals surface area contributed by atoms with E-state index in [9.17, 15) is 0 Å². The van der Waals surface area contributed by atoms with Gasteiger partial charge in [-0.1, -0.05) is 19.3 Å². The third-order valence-electron chi connectivity index (χ3n) is 4.25. The molecule has 0 aromatic carbocycles. The smallest absolute Gasteiger partial charge is 0.0209 e. The van der Waals surface area contributed by atoms with Crippen molar-refractivity contribution >= 4 is 0 Å². The molecule has 1 unspecified atom stereocenters. The minimum absolute atomic E-state index is 0.738. The van der Waals surface area contributed by atoms with Crippen LogP contribution in [-0.2, 0) is 0 Å².